The summed E-state index contributed by atoms with van der Waals surface area (Å²) in [7, 11) is -3.62. The molecule has 1 atom stereocenters. The fourth-order valence-corrected chi connectivity index (χ4v) is 4.09. The maximum absolute atomic E-state index is 12.4. The summed E-state index contributed by atoms with van der Waals surface area (Å²) in [5.74, 6) is 0.220. The summed E-state index contributed by atoms with van der Waals surface area (Å²) in [4.78, 5) is -0.000295. The second-order valence-electron chi connectivity index (χ2n) is 5.14. The highest BCUT2D eigenvalue weighted by molar-refractivity contribution is 7.95. The van der Waals surface area contributed by atoms with E-state index in [1.165, 1.54) is 0 Å². The Balaban J connectivity index is 3.25. The second-order valence-corrected chi connectivity index (χ2v) is 7.47. The molecule has 20 heavy (non-hydrogen) atoms. The van der Waals surface area contributed by atoms with Crippen LogP contribution in [-0.2, 0) is 10.0 Å². The number of sulfonamides is 1. The van der Waals surface area contributed by atoms with Gasteiger partial charge in [-0.05, 0) is 30.4 Å². The Morgan fingerprint density at radius 3 is 2.45 bits per heavy atom. The number of benzene rings is 1. The molecule has 0 saturated carbocycles. The lowest BCUT2D eigenvalue weighted by molar-refractivity contribution is 0.594. The van der Waals surface area contributed by atoms with Gasteiger partial charge in [0.05, 0.1) is 10.7 Å². The van der Waals surface area contributed by atoms with Gasteiger partial charge < -0.3 is 5.73 Å². The first-order valence-electron chi connectivity index (χ1n) is 6.61. The van der Waals surface area contributed by atoms with Crippen LogP contribution in [0.25, 0.3) is 0 Å². The molecule has 3 N–H and O–H groups in total. The van der Waals surface area contributed by atoms with E-state index in [-0.39, 0.29) is 10.9 Å². The monoisotopic (exact) mass is 314 g/mol. The van der Waals surface area contributed by atoms with Crippen molar-refractivity contribution in [2.75, 3.05) is 4.72 Å². The molecule has 0 radical (unpaired) electrons. The van der Waals surface area contributed by atoms with Crippen LogP contribution in [0.5, 0.6) is 0 Å². The van der Waals surface area contributed by atoms with E-state index >= 15 is 0 Å². The highest BCUT2D eigenvalue weighted by atomic mass is 32.2. The number of aryl methyl sites for hydroxylation is 1. The Hall–Kier alpha value is -1.14. The molecule has 0 bridgehead atoms. The third kappa shape index (κ3) is 3.70. The van der Waals surface area contributed by atoms with Gasteiger partial charge in [0.15, 0.2) is 0 Å². The Morgan fingerprint density at radius 1 is 1.40 bits per heavy atom. The number of thiocarbonyl (C=S) groups is 1. The van der Waals surface area contributed by atoms with Crippen molar-refractivity contribution in [1.29, 1.82) is 0 Å². The number of nitrogens with one attached hydrogen (secondary N) is 1. The van der Waals surface area contributed by atoms with Crippen LogP contribution in [-0.4, -0.2) is 18.7 Å². The maximum atomic E-state index is 12.4. The van der Waals surface area contributed by atoms with Crippen molar-refractivity contribution in [1.82, 2.24) is 0 Å². The molecule has 0 saturated heterocycles. The molecule has 0 heterocycles. The minimum Gasteiger partial charge on any atom is -0.392 e. The number of nitrogens with two attached hydrogens (primary N) is 1. The fourth-order valence-electron chi connectivity index (χ4n) is 2.10. The highest BCUT2D eigenvalue weighted by Crippen LogP contribution is 2.29. The predicted molar refractivity (Wildman–Crippen MR) is 88.7 cm³/mol. The van der Waals surface area contributed by atoms with Gasteiger partial charge in [-0.15, -0.1) is 0 Å². The molecule has 4 nitrogen and oxygen atoms in total. The van der Waals surface area contributed by atoms with E-state index in [1.807, 2.05) is 39.0 Å². The van der Waals surface area contributed by atoms with Crippen LogP contribution in [0.2, 0.25) is 0 Å². The van der Waals surface area contributed by atoms with Gasteiger partial charge in [0.25, 0.3) is 0 Å². The molecule has 0 aliphatic rings. The van der Waals surface area contributed by atoms with Gasteiger partial charge in [-0.2, -0.15) is 0 Å². The smallest absolute Gasteiger partial charge is 0.242 e. The SMILES string of the molecule is CCC(C(N)=S)S(=O)(=O)Nc1c(C)cccc1C(C)C. The van der Waals surface area contributed by atoms with Gasteiger partial charge in [-0.3, -0.25) is 4.72 Å². The van der Waals surface area contributed by atoms with Gasteiger partial charge >= 0.3 is 0 Å². The molecule has 1 rings (SSSR count). The van der Waals surface area contributed by atoms with E-state index < -0.39 is 15.3 Å². The molecule has 112 valence electrons. The van der Waals surface area contributed by atoms with Gasteiger partial charge in [0.1, 0.15) is 5.25 Å². The maximum Gasteiger partial charge on any atom is 0.242 e. The molecule has 1 aromatic rings. The van der Waals surface area contributed by atoms with Crippen molar-refractivity contribution in [3.05, 3.63) is 29.3 Å². The quantitative estimate of drug-likeness (QED) is 0.792. The summed E-state index contributed by atoms with van der Waals surface area (Å²) in [5, 5.41) is -0.850. The minimum absolute atomic E-state index is 0.000295. The zero-order chi connectivity index (χ0) is 15.5. The normalized spacial score (nSPS) is 13.2. The summed E-state index contributed by atoms with van der Waals surface area (Å²) in [6.45, 7) is 7.69. The van der Waals surface area contributed by atoms with Crippen LogP contribution in [0.15, 0.2) is 18.2 Å². The molecule has 1 unspecified atom stereocenters. The summed E-state index contributed by atoms with van der Waals surface area (Å²) in [6, 6.07) is 5.73. The van der Waals surface area contributed by atoms with E-state index in [0.717, 1.165) is 11.1 Å². The summed E-state index contributed by atoms with van der Waals surface area (Å²) < 4.78 is 27.5. The van der Waals surface area contributed by atoms with Gasteiger partial charge in [0, 0.05) is 0 Å². The standard InChI is InChI=1S/C14H22N2O2S2/c1-5-12(14(15)19)20(17,18)16-13-10(4)7-6-8-11(13)9(2)3/h6-9,12,16H,5H2,1-4H3,(H2,15,19). The Labute approximate surface area is 126 Å². The fraction of sp³-hybridized carbons (Fsp3) is 0.500. The average molecular weight is 314 g/mol. The Bertz CT molecular complexity index is 595. The average Bonchev–Trinajstić information content (AvgIpc) is 2.30. The van der Waals surface area contributed by atoms with Crippen molar-refractivity contribution < 1.29 is 8.42 Å². The zero-order valence-corrected chi connectivity index (χ0v) is 13.9. The van der Waals surface area contributed by atoms with E-state index in [4.69, 9.17) is 18.0 Å². The van der Waals surface area contributed by atoms with Crippen molar-refractivity contribution in [2.45, 2.75) is 45.3 Å². The van der Waals surface area contributed by atoms with Crippen molar-refractivity contribution in [3.63, 3.8) is 0 Å². The van der Waals surface area contributed by atoms with E-state index in [9.17, 15) is 8.42 Å². The number of hydrogen-bond acceptors (Lipinski definition) is 3. The minimum atomic E-state index is -3.62. The molecule has 0 fully saturated rings. The second kappa shape index (κ2) is 6.54. The summed E-state index contributed by atoms with van der Waals surface area (Å²) >= 11 is 4.86. The third-order valence-corrected chi connectivity index (χ3v) is 5.49. The number of hydrogen-bond donors (Lipinski definition) is 2. The first-order chi connectivity index (χ1) is 9.20. The lowest BCUT2D eigenvalue weighted by Gasteiger charge is -2.21. The van der Waals surface area contributed by atoms with Gasteiger partial charge in [-0.25, -0.2) is 8.42 Å². The first kappa shape index (κ1) is 16.9. The van der Waals surface area contributed by atoms with E-state index in [0.29, 0.717) is 12.1 Å². The van der Waals surface area contributed by atoms with Crippen LogP contribution < -0.4 is 10.5 Å². The largest absolute Gasteiger partial charge is 0.392 e. The molecular weight excluding hydrogens is 292 g/mol. The Morgan fingerprint density at radius 2 is 2.00 bits per heavy atom. The van der Waals surface area contributed by atoms with Crippen molar-refractivity contribution in [2.24, 2.45) is 5.73 Å². The summed E-state index contributed by atoms with van der Waals surface area (Å²) in [5.41, 5.74) is 8.02. The molecule has 6 heteroatoms. The third-order valence-electron chi connectivity index (χ3n) is 3.23. The van der Waals surface area contributed by atoms with E-state index in [1.54, 1.807) is 6.92 Å². The molecule has 1 aromatic carbocycles. The van der Waals surface area contributed by atoms with Crippen LogP contribution in [0.4, 0.5) is 5.69 Å². The predicted octanol–water partition coefficient (Wildman–Crippen LogP) is 2.92. The topological polar surface area (TPSA) is 72.2 Å². The molecule has 0 aliphatic carbocycles. The Kier molecular flexibility index (Phi) is 5.53. The molecule has 0 amide bonds. The zero-order valence-electron chi connectivity index (χ0n) is 12.3. The molecule has 0 aromatic heterocycles. The molecule has 0 aliphatic heterocycles. The number of para-hydroxylation sites is 1. The number of anilines is 1. The molecular formula is C14H22N2O2S2. The van der Waals surface area contributed by atoms with Gasteiger partial charge in [0.2, 0.25) is 10.0 Å². The highest BCUT2D eigenvalue weighted by Gasteiger charge is 2.27. The first-order valence-corrected chi connectivity index (χ1v) is 8.56. The lowest BCUT2D eigenvalue weighted by atomic mass is 9.99. The van der Waals surface area contributed by atoms with Crippen LogP contribution in [0.3, 0.4) is 0 Å². The lowest BCUT2D eigenvalue weighted by Crippen LogP contribution is -2.38. The molecule has 0 spiro atoms. The summed E-state index contributed by atoms with van der Waals surface area (Å²) in [6.07, 6.45) is 0.355. The van der Waals surface area contributed by atoms with Crippen LogP contribution >= 0.6 is 12.2 Å². The van der Waals surface area contributed by atoms with Gasteiger partial charge in [-0.1, -0.05) is 51.2 Å². The van der Waals surface area contributed by atoms with E-state index in [2.05, 4.69) is 4.72 Å². The van der Waals surface area contributed by atoms with Crippen molar-refractivity contribution in [3.8, 4) is 0 Å². The van der Waals surface area contributed by atoms with Crippen molar-refractivity contribution >= 4 is 32.9 Å². The van der Waals surface area contributed by atoms with Crippen LogP contribution in [0.1, 0.15) is 44.2 Å². The number of rotatable bonds is 6. The van der Waals surface area contributed by atoms with Crippen LogP contribution in [0, 0.1) is 6.92 Å².